The van der Waals surface area contributed by atoms with E-state index in [-0.39, 0.29) is 23.9 Å². The summed E-state index contributed by atoms with van der Waals surface area (Å²) < 4.78 is 5.43. The number of carbonyl (C=O) groups excluding carboxylic acids is 2. The van der Waals surface area contributed by atoms with Crippen molar-refractivity contribution < 1.29 is 19.2 Å². The number of hydrogen-bond donors (Lipinski definition) is 2. The number of nitrogens with one attached hydrogen (secondary N) is 2. The summed E-state index contributed by atoms with van der Waals surface area (Å²) >= 11 is 0. The van der Waals surface area contributed by atoms with Crippen LogP contribution in [0.2, 0.25) is 0 Å². The van der Waals surface area contributed by atoms with E-state index in [0.717, 1.165) is 0 Å². The van der Waals surface area contributed by atoms with E-state index in [1.54, 1.807) is 37.3 Å². The van der Waals surface area contributed by atoms with E-state index in [1.807, 2.05) is 6.92 Å². The number of carbonyl (C=O) groups is 2. The molecule has 0 spiro atoms. The number of rotatable bonds is 9. The van der Waals surface area contributed by atoms with Crippen LogP contribution in [-0.2, 0) is 4.79 Å². The van der Waals surface area contributed by atoms with Crippen molar-refractivity contribution in [3.63, 3.8) is 0 Å². The van der Waals surface area contributed by atoms with Gasteiger partial charge in [-0.15, -0.1) is 0 Å². The molecule has 8 heteroatoms. The van der Waals surface area contributed by atoms with Gasteiger partial charge in [0.2, 0.25) is 5.91 Å². The number of hydrogen-bond acceptors (Lipinski definition) is 5. The molecule has 0 fully saturated rings. The Bertz CT molecular complexity index is 867. The second kappa shape index (κ2) is 10.1. The number of nitro benzene ring substituents is 1. The van der Waals surface area contributed by atoms with Crippen LogP contribution in [0, 0.1) is 17.0 Å². The molecule has 0 atom stereocenters. The molecule has 2 rings (SSSR count). The molecule has 2 aromatic rings. The summed E-state index contributed by atoms with van der Waals surface area (Å²) in [6, 6.07) is 11.5. The fourth-order valence-corrected chi connectivity index (χ4v) is 2.65. The van der Waals surface area contributed by atoms with Crippen molar-refractivity contribution in [1.29, 1.82) is 0 Å². The highest BCUT2D eigenvalue weighted by Crippen LogP contribution is 2.25. The molecule has 2 N–H and O–H groups in total. The summed E-state index contributed by atoms with van der Waals surface area (Å²) in [7, 11) is 0. The van der Waals surface area contributed by atoms with Crippen molar-refractivity contribution in [2.24, 2.45) is 0 Å². The van der Waals surface area contributed by atoms with Crippen molar-refractivity contribution in [2.45, 2.75) is 26.7 Å². The maximum Gasteiger partial charge on any atom is 0.274 e. The van der Waals surface area contributed by atoms with Gasteiger partial charge in [-0.2, -0.15) is 0 Å². The highest BCUT2D eigenvalue weighted by molar-refractivity contribution is 5.97. The van der Waals surface area contributed by atoms with E-state index >= 15 is 0 Å². The number of nitro groups is 1. The molecule has 2 aromatic carbocycles. The average molecular weight is 385 g/mol. The summed E-state index contributed by atoms with van der Waals surface area (Å²) in [5.41, 5.74) is 1.22. The van der Waals surface area contributed by atoms with Gasteiger partial charge in [0.1, 0.15) is 5.75 Å². The lowest BCUT2D eigenvalue weighted by Gasteiger charge is -2.11. The van der Waals surface area contributed by atoms with E-state index in [1.165, 1.54) is 12.1 Å². The number of ether oxygens (including phenoxy) is 1. The van der Waals surface area contributed by atoms with Gasteiger partial charge in [-0.3, -0.25) is 19.7 Å². The zero-order chi connectivity index (χ0) is 20.5. The molecule has 0 radical (unpaired) electrons. The van der Waals surface area contributed by atoms with Crippen LogP contribution in [-0.4, -0.2) is 29.9 Å². The molecular weight excluding hydrogens is 362 g/mol. The maximum atomic E-state index is 12.3. The van der Waals surface area contributed by atoms with Crippen molar-refractivity contribution in [1.82, 2.24) is 5.32 Å². The van der Waals surface area contributed by atoms with Crippen LogP contribution in [0.1, 0.15) is 35.7 Å². The highest BCUT2D eigenvalue weighted by Gasteiger charge is 2.15. The summed E-state index contributed by atoms with van der Waals surface area (Å²) in [4.78, 5) is 34.8. The topological polar surface area (TPSA) is 111 Å². The van der Waals surface area contributed by atoms with Gasteiger partial charge in [0.15, 0.2) is 0 Å². The number of benzene rings is 2. The molecule has 148 valence electrons. The molecule has 0 aliphatic rings. The third-order valence-corrected chi connectivity index (χ3v) is 4.07. The minimum Gasteiger partial charge on any atom is -0.493 e. The van der Waals surface area contributed by atoms with Gasteiger partial charge in [0.25, 0.3) is 11.6 Å². The Morgan fingerprint density at radius 3 is 2.61 bits per heavy atom. The third kappa shape index (κ3) is 5.54. The standard InChI is InChI=1S/C20H23N3O5/c1-3-28-18-11-5-4-8-15(18)20(25)21-13-7-12-19(24)22-16-9-6-10-17(14(16)2)23(26)27/h4-6,8-11H,3,7,12-13H2,1-2H3,(H,21,25)(H,22,24). The maximum absolute atomic E-state index is 12.3. The number of anilines is 1. The van der Waals surface area contributed by atoms with E-state index in [4.69, 9.17) is 4.74 Å². The first kappa shape index (κ1) is 20.9. The first-order chi connectivity index (χ1) is 13.4. The molecule has 0 heterocycles. The lowest BCUT2D eigenvalue weighted by molar-refractivity contribution is -0.385. The quantitative estimate of drug-likeness (QED) is 0.390. The minimum absolute atomic E-state index is 0.0435. The largest absolute Gasteiger partial charge is 0.493 e. The van der Waals surface area contributed by atoms with E-state index in [0.29, 0.717) is 42.1 Å². The van der Waals surface area contributed by atoms with Crippen LogP contribution >= 0.6 is 0 Å². The average Bonchev–Trinajstić information content (AvgIpc) is 2.67. The molecule has 0 bridgehead atoms. The first-order valence-electron chi connectivity index (χ1n) is 8.98. The lowest BCUT2D eigenvalue weighted by atomic mass is 10.1. The third-order valence-electron chi connectivity index (χ3n) is 4.07. The molecule has 28 heavy (non-hydrogen) atoms. The predicted molar refractivity (Wildman–Crippen MR) is 106 cm³/mol. The van der Waals surface area contributed by atoms with Crippen molar-refractivity contribution in [3.05, 3.63) is 63.7 Å². The van der Waals surface area contributed by atoms with Gasteiger partial charge < -0.3 is 15.4 Å². The Kier molecular flexibility index (Phi) is 7.50. The molecule has 0 aliphatic heterocycles. The van der Waals surface area contributed by atoms with Gasteiger partial charge in [0, 0.05) is 19.0 Å². The normalized spacial score (nSPS) is 10.2. The van der Waals surface area contributed by atoms with Crippen LogP contribution in [0.5, 0.6) is 5.75 Å². The monoisotopic (exact) mass is 385 g/mol. The number of nitrogens with zero attached hydrogens (tertiary/aromatic N) is 1. The summed E-state index contributed by atoms with van der Waals surface area (Å²) in [5.74, 6) is -0.0204. The molecule has 0 unspecified atom stereocenters. The molecule has 0 saturated carbocycles. The van der Waals surface area contributed by atoms with E-state index in [2.05, 4.69) is 10.6 Å². The van der Waals surface area contributed by atoms with Gasteiger partial charge in [-0.25, -0.2) is 0 Å². The molecule has 0 aromatic heterocycles. The van der Waals surface area contributed by atoms with Crippen molar-refractivity contribution in [3.8, 4) is 5.75 Å². The second-order valence-electron chi connectivity index (χ2n) is 6.04. The zero-order valence-corrected chi connectivity index (χ0v) is 15.9. The predicted octanol–water partition coefficient (Wildman–Crippen LogP) is 3.45. The zero-order valence-electron chi connectivity index (χ0n) is 15.9. The lowest BCUT2D eigenvalue weighted by Crippen LogP contribution is -2.26. The summed E-state index contributed by atoms with van der Waals surface area (Å²) in [5, 5.41) is 16.4. The fraction of sp³-hybridized carbons (Fsp3) is 0.300. The Morgan fingerprint density at radius 2 is 1.89 bits per heavy atom. The van der Waals surface area contributed by atoms with Crippen LogP contribution in [0.4, 0.5) is 11.4 Å². The van der Waals surface area contributed by atoms with Crippen molar-refractivity contribution in [2.75, 3.05) is 18.5 Å². The first-order valence-corrected chi connectivity index (χ1v) is 8.98. The number of amides is 2. The van der Waals surface area contributed by atoms with Crippen LogP contribution in [0.3, 0.4) is 0 Å². The van der Waals surface area contributed by atoms with Gasteiger partial charge in [-0.1, -0.05) is 18.2 Å². The molecular formula is C20H23N3O5. The minimum atomic E-state index is -0.485. The Hall–Kier alpha value is -3.42. The van der Waals surface area contributed by atoms with Gasteiger partial charge in [-0.05, 0) is 38.5 Å². The van der Waals surface area contributed by atoms with E-state index < -0.39 is 4.92 Å². The van der Waals surface area contributed by atoms with Gasteiger partial charge >= 0.3 is 0 Å². The highest BCUT2D eigenvalue weighted by atomic mass is 16.6. The Morgan fingerprint density at radius 1 is 1.14 bits per heavy atom. The molecule has 2 amide bonds. The smallest absolute Gasteiger partial charge is 0.274 e. The molecule has 8 nitrogen and oxygen atoms in total. The Labute approximate surface area is 163 Å². The molecule has 0 aliphatic carbocycles. The van der Waals surface area contributed by atoms with Crippen LogP contribution in [0.25, 0.3) is 0 Å². The van der Waals surface area contributed by atoms with Gasteiger partial charge in [0.05, 0.1) is 28.3 Å². The number of para-hydroxylation sites is 1. The SMILES string of the molecule is CCOc1ccccc1C(=O)NCCCC(=O)Nc1cccc([N+](=O)[O-])c1C. The fourth-order valence-electron chi connectivity index (χ4n) is 2.65. The summed E-state index contributed by atoms with van der Waals surface area (Å²) in [6.45, 7) is 4.21. The van der Waals surface area contributed by atoms with E-state index in [9.17, 15) is 19.7 Å². The molecule has 0 saturated heterocycles. The second-order valence-corrected chi connectivity index (χ2v) is 6.04. The Balaban J connectivity index is 1.83. The van der Waals surface area contributed by atoms with Crippen LogP contribution in [0.15, 0.2) is 42.5 Å². The summed E-state index contributed by atoms with van der Waals surface area (Å²) in [6.07, 6.45) is 0.609. The van der Waals surface area contributed by atoms with Crippen molar-refractivity contribution >= 4 is 23.2 Å². The van der Waals surface area contributed by atoms with Crippen LogP contribution < -0.4 is 15.4 Å².